The molecule has 0 unspecified atom stereocenters. The maximum absolute atomic E-state index is 10.9. The van der Waals surface area contributed by atoms with Crippen molar-refractivity contribution in [2.75, 3.05) is 0 Å². The first kappa shape index (κ1) is 13.2. The van der Waals surface area contributed by atoms with Gasteiger partial charge in [-0.3, -0.25) is 0 Å². The summed E-state index contributed by atoms with van der Waals surface area (Å²) in [5, 5.41) is 10.9. The quantitative estimate of drug-likeness (QED) is 0.821. The minimum atomic E-state index is -0.726. The zero-order valence-electron chi connectivity index (χ0n) is 11.3. The highest BCUT2D eigenvalue weighted by Gasteiger charge is 2.37. The van der Waals surface area contributed by atoms with Crippen LogP contribution in [0.5, 0.6) is 0 Å². The predicted octanol–water partition coefficient (Wildman–Crippen LogP) is 3.80. The first-order valence-corrected chi connectivity index (χ1v) is 6.10. The highest BCUT2D eigenvalue weighted by molar-refractivity contribution is 5.35. The van der Waals surface area contributed by atoms with Crippen molar-refractivity contribution in [2.24, 2.45) is 11.8 Å². The first-order valence-electron chi connectivity index (χ1n) is 6.10. The molecule has 0 aliphatic heterocycles. The van der Waals surface area contributed by atoms with E-state index < -0.39 is 5.60 Å². The van der Waals surface area contributed by atoms with E-state index in [1.807, 2.05) is 0 Å². The van der Waals surface area contributed by atoms with Crippen LogP contribution in [-0.2, 0) is 5.60 Å². The second kappa shape index (κ2) is 4.58. The van der Waals surface area contributed by atoms with Crippen molar-refractivity contribution in [2.45, 2.75) is 47.1 Å². The Morgan fingerprint density at radius 3 is 1.94 bits per heavy atom. The smallest absolute Gasteiger partial charge is 0.0944 e. The molecule has 0 amide bonds. The molecular weight excluding hydrogens is 196 g/mol. The van der Waals surface area contributed by atoms with Crippen LogP contribution in [0.1, 0.15) is 44.4 Å². The van der Waals surface area contributed by atoms with Crippen molar-refractivity contribution in [1.82, 2.24) is 0 Å². The largest absolute Gasteiger partial charge is 0.385 e. The fourth-order valence-corrected chi connectivity index (χ4v) is 2.46. The molecule has 1 rings (SSSR count). The van der Waals surface area contributed by atoms with Crippen molar-refractivity contribution >= 4 is 0 Å². The average Bonchev–Trinajstić information content (AvgIpc) is 2.19. The van der Waals surface area contributed by atoms with Crippen LogP contribution < -0.4 is 0 Å². The minimum absolute atomic E-state index is 0.216. The van der Waals surface area contributed by atoms with Crippen LogP contribution in [0.25, 0.3) is 0 Å². The van der Waals surface area contributed by atoms with E-state index in [1.165, 1.54) is 11.1 Å². The van der Waals surface area contributed by atoms with Crippen LogP contribution in [0.4, 0.5) is 0 Å². The van der Waals surface area contributed by atoms with Gasteiger partial charge in [-0.15, -0.1) is 0 Å². The van der Waals surface area contributed by atoms with Gasteiger partial charge in [0.25, 0.3) is 0 Å². The summed E-state index contributed by atoms with van der Waals surface area (Å²) in [6, 6.07) is 6.32. The summed E-state index contributed by atoms with van der Waals surface area (Å²) < 4.78 is 0. The lowest BCUT2D eigenvalue weighted by atomic mass is 9.73. The molecule has 0 spiro atoms. The molecule has 1 nitrogen and oxygen atoms in total. The Kier molecular flexibility index (Phi) is 3.80. The zero-order chi connectivity index (χ0) is 12.5. The van der Waals surface area contributed by atoms with E-state index in [0.29, 0.717) is 0 Å². The van der Waals surface area contributed by atoms with Crippen molar-refractivity contribution < 1.29 is 5.11 Å². The maximum Gasteiger partial charge on any atom is 0.0944 e. The summed E-state index contributed by atoms with van der Waals surface area (Å²) >= 11 is 0. The lowest BCUT2D eigenvalue weighted by Crippen LogP contribution is -2.38. The highest BCUT2D eigenvalue weighted by atomic mass is 16.3. The second-order valence-electron chi connectivity index (χ2n) is 5.45. The standard InChI is InChI=1S/C15H24O/c1-10(2)15(16,11(3)4)14-9-12(5)7-8-13(14)6/h7-11,16H,1-6H3. The van der Waals surface area contributed by atoms with Gasteiger partial charge in [-0.25, -0.2) is 0 Å². The molecular formula is C15H24O. The molecule has 0 aromatic heterocycles. The zero-order valence-corrected chi connectivity index (χ0v) is 11.3. The lowest BCUT2D eigenvalue weighted by molar-refractivity contribution is -0.0536. The Labute approximate surface area is 99.5 Å². The number of hydrogen-bond acceptors (Lipinski definition) is 1. The van der Waals surface area contributed by atoms with Gasteiger partial charge in [0.2, 0.25) is 0 Å². The SMILES string of the molecule is Cc1ccc(C)c(C(O)(C(C)C)C(C)C)c1. The molecule has 1 N–H and O–H groups in total. The van der Waals surface area contributed by atoms with Crippen LogP contribution in [-0.4, -0.2) is 5.11 Å². The lowest BCUT2D eigenvalue weighted by Gasteiger charge is -2.38. The van der Waals surface area contributed by atoms with Crippen molar-refractivity contribution in [3.8, 4) is 0 Å². The summed E-state index contributed by atoms with van der Waals surface area (Å²) in [4.78, 5) is 0. The van der Waals surface area contributed by atoms with Crippen LogP contribution in [0.3, 0.4) is 0 Å². The summed E-state index contributed by atoms with van der Waals surface area (Å²) in [6.07, 6.45) is 0. The third-order valence-corrected chi connectivity index (χ3v) is 3.58. The third kappa shape index (κ3) is 2.15. The van der Waals surface area contributed by atoms with Gasteiger partial charge in [0.1, 0.15) is 0 Å². The minimum Gasteiger partial charge on any atom is -0.385 e. The Hall–Kier alpha value is -0.820. The van der Waals surface area contributed by atoms with Crippen LogP contribution in [0.2, 0.25) is 0 Å². The van der Waals surface area contributed by atoms with E-state index in [-0.39, 0.29) is 11.8 Å². The Morgan fingerprint density at radius 2 is 1.50 bits per heavy atom. The van der Waals surface area contributed by atoms with Gasteiger partial charge in [0, 0.05) is 0 Å². The van der Waals surface area contributed by atoms with E-state index in [1.54, 1.807) is 0 Å². The average molecular weight is 220 g/mol. The predicted molar refractivity (Wildman–Crippen MR) is 69.5 cm³/mol. The van der Waals surface area contributed by atoms with Gasteiger partial charge in [0.05, 0.1) is 5.60 Å². The third-order valence-electron chi connectivity index (χ3n) is 3.58. The summed E-state index contributed by atoms with van der Waals surface area (Å²) in [6.45, 7) is 12.5. The molecule has 1 heteroatoms. The second-order valence-corrected chi connectivity index (χ2v) is 5.45. The Balaban J connectivity index is 3.37. The van der Waals surface area contributed by atoms with E-state index in [2.05, 4.69) is 59.7 Å². The molecule has 0 fully saturated rings. The summed E-state index contributed by atoms with van der Waals surface area (Å²) in [7, 11) is 0. The molecule has 90 valence electrons. The molecule has 0 aliphatic rings. The monoisotopic (exact) mass is 220 g/mol. The van der Waals surface area contributed by atoms with E-state index in [9.17, 15) is 5.11 Å². The number of hydrogen-bond donors (Lipinski definition) is 1. The molecule has 0 saturated carbocycles. The molecule has 0 bridgehead atoms. The number of rotatable bonds is 3. The summed E-state index contributed by atoms with van der Waals surface area (Å²) in [5.74, 6) is 0.431. The van der Waals surface area contributed by atoms with Gasteiger partial charge in [-0.2, -0.15) is 0 Å². The normalized spacial score (nSPS) is 12.6. The van der Waals surface area contributed by atoms with Gasteiger partial charge < -0.3 is 5.11 Å². The molecule has 0 heterocycles. The Morgan fingerprint density at radius 1 is 1.00 bits per heavy atom. The highest BCUT2D eigenvalue weighted by Crippen LogP contribution is 2.38. The van der Waals surface area contributed by atoms with Gasteiger partial charge >= 0.3 is 0 Å². The van der Waals surface area contributed by atoms with Crippen LogP contribution >= 0.6 is 0 Å². The number of aryl methyl sites for hydroxylation is 2. The first-order chi connectivity index (χ1) is 7.30. The van der Waals surface area contributed by atoms with Gasteiger partial charge in [-0.05, 0) is 36.8 Å². The molecule has 1 aromatic rings. The van der Waals surface area contributed by atoms with E-state index in [0.717, 1.165) is 5.56 Å². The van der Waals surface area contributed by atoms with Crippen LogP contribution in [0.15, 0.2) is 18.2 Å². The van der Waals surface area contributed by atoms with E-state index >= 15 is 0 Å². The van der Waals surface area contributed by atoms with Crippen molar-refractivity contribution in [3.05, 3.63) is 34.9 Å². The molecule has 16 heavy (non-hydrogen) atoms. The summed E-state index contributed by atoms with van der Waals surface area (Å²) in [5.41, 5.74) is 2.74. The van der Waals surface area contributed by atoms with Gasteiger partial charge in [0.15, 0.2) is 0 Å². The van der Waals surface area contributed by atoms with Crippen molar-refractivity contribution in [3.63, 3.8) is 0 Å². The fourth-order valence-electron chi connectivity index (χ4n) is 2.46. The Bertz CT molecular complexity index is 356. The number of benzene rings is 1. The number of aliphatic hydroxyl groups is 1. The van der Waals surface area contributed by atoms with E-state index in [4.69, 9.17) is 0 Å². The molecule has 0 radical (unpaired) electrons. The maximum atomic E-state index is 10.9. The molecule has 0 atom stereocenters. The van der Waals surface area contributed by atoms with Gasteiger partial charge in [-0.1, -0.05) is 51.5 Å². The fraction of sp³-hybridized carbons (Fsp3) is 0.600. The molecule has 0 aliphatic carbocycles. The molecule has 0 saturated heterocycles. The van der Waals surface area contributed by atoms with Crippen LogP contribution in [0, 0.1) is 25.7 Å². The topological polar surface area (TPSA) is 20.2 Å². The van der Waals surface area contributed by atoms with Crippen molar-refractivity contribution in [1.29, 1.82) is 0 Å². The molecule has 1 aromatic carbocycles.